The summed E-state index contributed by atoms with van der Waals surface area (Å²) >= 11 is 0. The lowest BCUT2D eigenvalue weighted by molar-refractivity contribution is -0.139. The first-order chi connectivity index (χ1) is 9.81. The highest BCUT2D eigenvalue weighted by atomic mass is 16.4. The molecule has 120 valence electrons. The molecule has 7 heteroatoms. The molecule has 0 aliphatic heterocycles. The minimum atomic E-state index is -1.15. The van der Waals surface area contributed by atoms with E-state index in [-0.39, 0.29) is 11.9 Å². The summed E-state index contributed by atoms with van der Waals surface area (Å²) in [5, 5.41) is 14.0. The van der Waals surface area contributed by atoms with Crippen molar-refractivity contribution in [3.05, 3.63) is 0 Å². The lowest BCUT2D eigenvalue weighted by atomic mass is 9.86. The van der Waals surface area contributed by atoms with E-state index in [0.29, 0.717) is 5.92 Å². The summed E-state index contributed by atoms with van der Waals surface area (Å²) in [6.45, 7) is 3.67. The van der Waals surface area contributed by atoms with Crippen LogP contribution in [0.2, 0.25) is 0 Å². The molecule has 21 heavy (non-hydrogen) atoms. The van der Waals surface area contributed by atoms with Crippen molar-refractivity contribution in [1.29, 1.82) is 0 Å². The van der Waals surface area contributed by atoms with Gasteiger partial charge in [-0.15, -0.1) is 0 Å². The Labute approximate surface area is 124 Å². The van der Waals surface area contributed by atoms with Crippen LogP contribution >= 0.6 is 0 Å². The molecule has 1 aliphatic rings. The van der Waals surface area contributed by atoms with E-state index in [1.165, 1.54) is 6.42 Å². The number of nitrogens with one attached hydrogen (secondary N) is 2. The van der Waals surface area contributed by atoms with Crippen molar-refractivity contribution < 1.29 is 19.5 Å². The molecule has 4 atom stereocenters. The van der Waals surface area contributed by atoms with Crippen LogP contribution in [-0.4, -0.2) is 41.0 Å². The molecular formula is C14H25N3O4. The van der Waals surface area contributed by atoms with E-state index in [0.717, 1.165) is 19.3 Å². The number of nitrogens with two attached hydrogens (primary N) is 1. The van der Waals surface area contributed by atoms with Crippen molar-refractivity contribution in [2.45, 2.75) is 64.1 Å². The highest BCUT2D eigenvalue weighted by molar-refractivity contribution is 5.91. The van der Waals surface area contributed by atoms with Gasteiger partial charge >= 0.3 is 5.97 Å². The van der Waals surface area contributed by atoms with Crippen LogP contribution in [0.25, 0.3) is 0 Å². The minimum Gasteiger partial charge on any atom is -0.481 e. The van der Waals surface area contributed by atoms with Gasteiger partial charge in [0.2, 0.25) is 11.8 Å². The van der Waals surface area contributed by atoms with Gasteiger partial charge in [0.25, 0.3) is 0 Å². The van der Waals surface area contributed by atoms with Crippen molar-refractivity contribution in [2.75, 3.05) is 0 Å². The molecule has 1 aliphatic carbocycles. The van der Waals surface area contributed by atoms with E-state index in [2.05, 4.69) is 17.6 Å². The molecular weight excluding hydrogens is 274 g/mol. The highest BCUT2D eigenvalue weighted by Crippen LogP contribution is 2.23. The van der Waals surface area contributed by atoms with Crippen molar-refractivity contribution in [2.24, 2.45) is 11.7 Å². The standard InChI is InChI=1S/C14H25N3O4/c1-8-5-3-4-6-11(8)17-13(20)9(2)16-14(21)10(15)7-12(18)19/h8-11H,3-7,15H2,1-2H3,(H,16,21)(H,17,20)(H,18,19)/t8-,9+,10-,11-/m0/s1. The Hall–Kier alpha value is -1.63. The molecule has 0 aromatic heterocycles. The maximum Gasteiger partial charge on any atom is 0.305 e. The summed E-state index contributed by atoms with van der Waals surface area (Å²) in [6.07, 6.45) is 3.87. The topological polar surface area (TPSA) is 122 Å². The predicted octanol–water partition coefficient (Wildman–Crippen LogP) is -0.0120. The molecule has 1 fully saturated rings. The van der Waals surface area contributed by atoms with Crippen molar-refractivity contribution in [1.82, 2.24) is 10.6 Å². The molecule has 2 amide bonds. The Balaban J connectivity index is 2.43. The molecule has 0 spiro atoms. The zero-order valence-electron chi connectivity index (χ0n) is 12.6. The molecule has 7 nitrogen and oxygen atoms in total. The summed E-state index contributed by atoms with van der Waals surface area (Å²) in [6, 6.07) is -1.74. The van der Waals surface area contributed by atoms with Crippen molar-refractivity contribution in [3.63, 3.8) is 0 Å². The zero-order valence-corrected chi connectivity index (χ0v) is 12.6. The lowest BCUT2D eigenvalue weighted by Gasteiger charge is -2.30. The van der Waals surface area contributed by atoms with Gasteiger partial charge in [0.05, 0.1) is 12.5 Å². The van der Waals surface area contributed by atoms with Gasteiger partial charge in [0.1, 0.15) is 6.04 Å². The van der Waals surface area contributed by atoms with Crippen LogP contribution in [0.5, 0.6) is 0 Å². The first-order valence-corrected chi connectivity index (χ1v) is 7.39. The van der Waals surface area contributed by atoms with Crippen molar-refractivity contribution >= 4 is 17.8 Å². The summed E-state index contributed by atoms with van der Waals surface area (Å²) in [7, 11) is 0. The Bertz CT molecular complexity index is 400. The number of carboxylic acids is 1. The molecule has 0 bridgehead atoms. The van der Waals surface area contributed by atoms with Crippen LogP contribution in [0, 0.1) is 5.92 Å². The predicted molar refractivity (Wildman–Crippen MR) is 77.4 cm³/mol. The van der Waals surface area contributed by atoms with Crippen LogP contribution in [0.3, 0.4) is 0 Å². The van der Waals surface area contributed by atoms with E-state index in [9.17, 15) is 14.4 Å². The lowest BCUT2D eigenvalue weighted by Crippen LogP contribution is -2.53. The number of rotatable bonds is 6. The van der Waals surface area contributed by atoms with Gasteiger partial charge < -0.3 is 21.5 Å². The summed E-state index contributed by atoms with van der Waals surface area (Å²) in [5.41, 5.74) is 5.45. The van der Waals surface area contributed by atoms with Crippen LogP contribution < -0.4 is 16.4 Å². The van der Waals surface area contributed by atoms with Gasteiger partial charge in [0.15, 0.2) is 0 Å². The summed E-state index contributed by atoms with van der Waals surface area (Å²) in [4.78, 5) is 34.2. The second-order valence-electron chi connectivity index (χ2n) is 5.81. The van der Waals surface area contributed by atoms with E-state index in [4.69, 9.17) is 10.8 Å². The van der Waals surface area contributed by atoms with Gasteiger partial charge in [-0.3, -0.25) is 14.4 Å². The largest absolute Gasteiger partial charge is 0.481 e. The zero-order chi connectivity index (χ0) is 16.0. The first-order valence-electron chi connectivity index (χ1n) is 7.39. The van der Waals surface area contributed by atoms with Gasteiger partial charge in [-0.25, -0.2) is 0 Å². The smallest absolute Gasteiger partial charge is 0.305 e. The van der Waals surface area contributed by atoms with Crippen LogP contribution in [0.1, 0.15) is 46.0 Å². The molecule has 0 radical (unpaired) electrons. The maximum absolute atomic E-state index is 12.1. The fraction of sp³-hybridized carbons (Fsp3) is 0.786. The van der Waals surface area contributed by atoms with Gasteiger partial charge in [-0.05, 0) is 25.7 Å². The first kappa shape index (κ1) is 17.4. The van der Waals surface area contributed by atoms with E-state index in [1.54, 1.807) is 6.92 Å². The molecule has 0 heterocycles. The van der Waals surface area contributed by atoms with E-state index >= 15 is 0 Å². The normalized spacial score (nSPS) is 24.7. The Kier molecular flexibility index (Phi) is 6.61. The molecule has 5 N–H and O–H groups in total. The van der Waals surface area contributed by atoms with Crippen LogP contribution in [-0.2, 0) is 14.4 Å². The molecule has 0 unspecified atom stereocenters. The fourth-order valence-corrected chi connectivity index (χ4v) is 2.51. The third-order valence-electron chi connectivity index (χ3n) is 3.92. The molecule has 1 saturated carbocycles. The minimum absolute atomic E-state index is 0.137. The third-order valence-corrected chi connectivity index (χ3v) is 3.92. The van der Waals surface area contributed by atoms with E-state index in [1.807, 2.05) is 0 Å². The van der Waals surface area contributed by atoms with Crippen LogP contribution in [0.4, 0.5) is 0 Å². The Morgan fingerprint density at radius 1 is 1.24 bits per heavy atom. The Morgan fingerprint density at radius 3 is 2.43 bits per heavy atom. The number of amides is 2. The van der Waals surface area contributed by atoms with Gasteiger partial charge in [-0.2, -0.15) is 0 Å². The number of hydrogen-bond donors (Lipinski definition) is 4. The fourth-order valence-electron chi connectivity index (χ4n) is 2.51. The molecule has 1 rings (SSSR count). The quantitative estimate of drug-likeness (QED) is 0.549. The molecule has 0 aromatic rings. The third kappa shape index (κ3) is 5.71. The Morgan fingerprint density at radius 2 is 1.86 bits per heavy atom. The number of hydrogen-bond acceptors (Lipinski definition) is 4. The second kappa shape index (κ2) is 7.97. The average Bonchev–Trinajstić information content (AvgIpc) is 2.40. The highest BCUT2D eigenvalue weighted by Gasteiger charge is 2.26. The number of carbonyl (C=O) groups excluding carboxylic acids is 2. The van der Waals surface area contributed by atoms with E-state index < -0.39 is 30.4 Å². The number of carbonyl (C=O) groups is 3. The molecule has 0 aromatic carbocycles. The number of aliphatic carboxylic acids is 1. The van der Waals surface area contributed by atoms with Gasteiger partial charge in [0, 0.05) is 6.04 Å². The van der Waals surface area contributed by atoms with Crippen molar-refractivity contribution in [3.8, 4) is 0 Å². The van der Waals surface area contributed by atoms with Gasteiger partial charge in [-0.1, -0.05) is 19.8 Å². The summed E-state index contributed by atoms with van der Waals surface area (Å²) < 4.78 is 0. The monoisotopic (exact) mass is 299 g/mol. The maximum atomic E-state index is 12.1. The SMILES string of the molecule is C[C@@H](NC(=O)[C@@H](N)CC(=O)O)C(=O)N[C@H]1CCCC[C@@H]1C. The second-order valence-corrected chi connectivity index (χ2v) is 5.81. The average molecular weight is 299 g/mol. The molecule has 0 saturated heterocycles. The summed E-state index contributed by atoms with van der Waals surface area (Å²) in [5.74, 6) is -1.60. The number of carboxylic acid groups (broad SMARTS) is 1. The van der Waals surface area contributed by atoms with Crippen LogP contribution in [0.15, 0.2) is 0 Å².